The van der Waals surface area contributed by atoms with Crippen molar-refractivity contribution in [2.24, 2.45) is 0 Å². The highest BCUT2D eigenvalue weighted by atomic mass is 32.2. The number of anilines is 2. The number of aromatic nitrogens is 1. The fourth-order valence-electron chi connectivity index (χ4n) is 3.75. The van der Waals surface area contributed by atoms with Crippen LogP contribution >= 0.6 is 0 Å². The molecule has 0 aliphatic rings. The number of hydrogen-bond donors (Lipinski definition) is 2. The minimum Gasteiger partial charge on any atom is -0.495 e. The van der Waals surface area contributed by atoms with Gasteiger partial charge in [0.1, 0.15) is 12.3 Å². The van der Waals surface area contributed by atoms with Crippen molar-refractivity contribution in [3.05, 3.63) is 115 Å². The number of benzene rings is 3. The standard InChI is InChI=1S/C28H26N4O5S/c1-37-26-16-8-7-15-25(26)32(38(35,36)22-11-3-2-4-12-22)20-27(33)31-24-14-6-5-13-23(24)28(34)30-19-21-10-9-17-29-18-21/h2-18H,19-20H2,1H3,(H,30,34)(H,31,33). The van der Waals surface area contributed by atoms with Crippen LogP contribution in [0.2, 0.25) is 0 Å². The van der Waals surface area contributed by atoms with Crippen LogP contribution in [0.3, 0.4) is 0 Å². The van der Waals surface area contributed by atoms with Gasteiger partial charge in [-0.05, 0) is 48.0 Å². The molecule has 2 amide bonds. The first-order chi connectivity index (χ1) is 18.4. The normalized spacial score (nSPS) is 10.9. The van der Waals surface area contributed by atoms with Crippen LogP contribution < -0.4 is 19.7 Å². The maximum absolute atomic E-state index is 13.6. The number of para-hydroxylation sites is 3. The Morgan fingerprint density at radius 1 is 0.895 bits per heavy atom. The number of ether oxygens (including phenoxy) is 1. The van der Waals surface area contributed by atoms with Gasteiger partial charge in [-0.15, -0.1) is 0 Å². The van der Waals surface area contributed by atoms with E-state index in [4.69, 9.17) is 4.74 Å². The van der Waals surface area contributed by atoms with E-state index in [1.165, 1.54) is 19.2 Å². The van der Waals surface area contributed by atoms with Crippen LogP contribution in [-0.2, 0) is 21.4 Å². The lowest BCUT2D eigenvalue weighted by molar-refractivity contribution is -0.114. The predicted octanol–water partition coefficient (Wildman–Crippen LogP) is 3.85. The third-order valence-corrected chi connectivity index (χ3v) is 7.37. The van der Waals surface area contributed by atoms with Crippen LogP contribution in [0.5, 0.6) is 5.75 Å². The molecule has 2 N–H and O–H groups in total. The van der Waals surface area contributed by atoms with E-state index >= 15 is 0 Å². The highest BCUT2D eigenvalue weighted by Crippen LogP contribution is 2.32. The maximum atomic E-state index is 13.6. The van der Waals surface area contributed by atoms with Gasteiger partial charge >= 0.3 is 0 Å². The van der Waals surface area contributed by atoms with Crippen molar-refractivity contribution >= 4 is 33.2 Å². The Hall–Kier alpha value is -4.70. The molecule has 4 aromatic rings. The summed E-state index contributed by atoms with van der Waals surface area (Å²) >= 11 is 0. The van der Waals surface area contributed by atoms with Gasteiger partial charge in [-0.25, -0.2) is 8.42 Å². The lowest BCUT2D eigenvalue weighted by Gasteiger charge is -2.25. The van der Waals surface area contributed by atoms with E-state index < -0.39 is 28.4 Å². The number of amides is 2. The van der Waals surface area contributed by atoms with Crippen molar-refractivity contribution in [1.82, 2.24) is 10.3 Å². The first kappa shape index (κ1) is 26.4. The van der Waals surface area contributed by atoms with Crippen molar-refractivity contribution in [3.63, 3.8) is 0 Å². The Morgan fingerprint density at radius 2 is 1.61 bits per heavy atom. The molecule has 194 valence electrons. The van der Waals surface area contributed by atoms with Crippen LogP contribution in [0, 0.1) is 0 Å². The number of rotatable bonds is 10. The first-order valence-electron chi connectivity index (χ1n) is 11.7. The summed E-state index contributed by atoms with van der Waals surface area (Å²) in [6.07, 6.45) is 3.29. The monoisotopic (exact) mass is 530 g/mol. The topological polar surface area (TPSA) is 118 Å². The van der Waals surface area contributed by atoms with E-state index in [-0.39, 0.29) is 34.1 Å². The molecular formula is C28H26N4O5S. The summed E-state index contributed by atoms with van der Waals surface area (Å²) in [5.41, 5.74) is 1.51. The third-order valence-electron chi connectivity index (χ3n) is 5.59. The minimum absolute atomic E-state index is 0.0221. The van der Waals surface area contributed by atoms with Gasteiger partial charge in [0, 0.05) is 18.9 Å². The van der Waals surface area contributed by atoms with Crippen molar-refractivity contribution < 1.29 is 22.7 Å². The molecule has 3 aromatic carbocycles. The van der Waals surface area contributed by atoms with Gasteiger partial charge < -0.3 is 15.4 Å². The molecule has 0 aliphatic heterocycles. The molecule has 1 aromatic heterocycles. The second kappa shape index (κ2) is 12.0. The van der Waals surface area contributed by atoms with Crippen molar-refractivity contribution in [3.8, 4) is 5.75 Å². The van der Waals surface area contributed by atoms with Crippen LogP contribution in [0.1, 0.15) is 15.9 Å². The number of pyridine rings is 1. The zero-order chi connectivity index (χ0) is 27.0. The van der Waals surface area contributed by atoms with Gasteiger partial charge in [-0.3, -0.25) is 18.9 Å². The Kier molecular flexibility index (Phi) is 8.34. The molecule has 0 fully saturated rings. The summed E-state index contributed by atoms with van der Waals surface area (Å²) in [4.78, 5) is 30.2. The van der Waals surface area contributed by atoms with Gasteiger partial charge in [-0.2, -0.15) is 0 Å². The number of carbonyl (C=O) groups excluding carboxylic acids is 2. The predicted molar refractivity (Wildman–Crippen MR) is 144 cm³/mol. The van der Waals surface area contributed by atoms with E-state index in [0.717, 1.165) is 9.87 Å². The van der Waals surface area contributed by atoms with E-state index in [1.54, 1.807) is 85.2 Å². The number of sulfonamides is 1. The number of hydrogen-bond acceptors (Lipinski definition) is 6. The number of nitrogens with zero attached hydrogens (tertiary/aromatic N) is 2. The van der Waals surface area contributed by atoms with Crippen molar-refractivity contribution in [2.45, 2.75) is 11.4 Å². The molecular weight excluding hydrogens is 504 g/mol. The molecule has 1 heterocycles. The van der Waals surface area contributed by atoms with Gasteiger partial charge in [0.15, 0.2) is 0 Å². The number of nitrogens with one attached hydrogen (secondary N) is 2. The van der Waals surface area contributed by atoms with Crippen LogP contribution in [0.4, 0.5) is 11.4 Å². The summed E-state index contributed by atoms with van der Waals surface area (Å²) in [5, 5.41) is 5.50. The fourth-order valence-corrected chi connectivity index (χ4v) is 5.20. The van der Waals surface area contributed by atoms with Crippen LogP contribution in [0.25, 0.3) is 0 Å². The highest BCUT2D eigenvalue weighted by Gasteiger charge is 2.29. The molecule has 0 aliphatic carbocycles. The average molecular weight is 531 g/mol. The summed E-state index contributed by atoms with van der Waals surface area (Å²) in [6, 6.07) is 24.5. The molecule has 0 unspecified atom stereocenters. The quantitative estimate of drug-likeness (QED) is 0.322. The van der Waals surface area contributed by atoms with Gasteiger partial charge in [0.25, 0.3) is 15.9 Å². The molecule has 10 heteroatoms. The summed E-state index contributed by atoms with van der Waals surface area (Å²) in [6.45, 7) is -0.297. The second-order valence-electron chi connectivity index (χ2n) is 8.13. The largest absolute Gasteiger partial charge is 0.495 e. The van der Waals surface area contributed by atoms with Crippen molar-refractivity contribution in [2.75, 3.05) is 23.3 Å². The molecule has 0 spiro atoms. The van der Waals surface area contributed by atoms with Gasteiger partial charge in [0.05, 0.1) is 28.9 Å². The molecule has 38 heavy (non-hydrogen) atoms. The Bertz CT molecular complexity index is 1510. The lowest BCUT2D eigenvalue weighted by atomic mass is 10.1. The molecule has 0 saturated heterocycles. The Morgan fingerprint density at radius 3 is 2.34 bits per heavy atom. The third kappa shape index (κ3) is 6.16. The average Bonchev–Trinajstić information content (AvgIpc) is 2.96. The highest BCUT2D eigenvalue weighted by molar-refractivity contribution is 7.92. The number of methoxy groups -OCH3 is 1. The molecule has 0 atom stereocenters. The SMILES string of the molecule is COc1ccccc1N(CC(=O)Nc1ccccc1C(=O)NCc1cccnc1)S(=O)(=O)c1ccccc1. The maximum Gasteiger partial charge on any atom is 0.264 e. The minimum atomic E-state index is -4.13. The smallest absolute Gasteiger partial charge is 0.264 e. The molecule has 0 saturated carbocycles. The van der Waals surface area contributed by atoms with Gasteiger partial charge in [0.2, 0.25) is 5.91 Å². The zero-order valence-corrected chi connectivity index (χ0v) is 21.4. The van der Waals surface area contributed by atoms with E-state index in [0.29, 0.717) is 0 Å². The van der Waals surface area contributed by atoms with Gasteiger partial charge in [-0.1, -0.05) is 48.5 Å². The summed E-state index contributed by atoms with van der Waals surface area (Å²) in [5.74, 6) is -0.749. The molecule has 4 rings (SSSR count). The molecule has 0 bridgehead atoms. The Balaban J connectivity index is 1.58. The summed E-state index contributed by atoms with van der Waals surface area (Å²) < 4.78 is 33.6. The molecule has 9 nitrogen and oxygen atoms in total. The lowest BCUT2D eigenvalue weighted by Crippen LogP contribution is -2.38. The van der Waals surface area contributed by atoms with E-state index in [1.807, 2.05) is 6.07 Å². The van der Waals surface area contributed by atoms with Crippen molar-refractivity contribution in [1.29, 1.82) is 0 Å². The first-order valence-corrected chi connectivity index (χ1v) is 13.1. The summed E-state index contributed by atoms with van der Waals surface area (Å²) in [7, 11) is -2.71. The molecule has 0 radical (unpaired) electrons. The zero-order valence-electron chi connectivity index (χ0n) is 20.6. The fraction of sp³-hybridized carbons (Fsp3) is 0.107. The van der Waals surface area contributed by atoms with Crippen LogP contribution in [-0.4, -0.2) is 38.9 Å². The van der Waals surface area contributed by atoms with E-state index in [9.17, 15) is 18.0 Å². The number of carbonyl (C=O) groups is 2. The second-order valence-corrected chi connectivity index (χ2v) is 10.00. The van der Waals surface area contributed by atoms with E-state index in [2.05, 4.69) is 15.6 Å². The van der Waals surface area contributed by atoms with Crippen LogP contribution in [0.15, 0.2) is 108 Å². The Labute approximate surface area is 221 Å².